The highest BCUT2D eigenvalue weighted by molar-refractivity contribution is 5.78. The lowest BCUT2D eigenvalue weighted by Gasteiger charge is -2.35. The Labute approximate surface area is 171 Å². The van der Waals surface area contributed by atoms with Gasteiger partial charge in [0.15, 0.2) is 0 Å². The lowest BCUT2D eigenvalue weighted by molar-refractivity contribution is -0.132. The van der Waals surface area contributed by atoms with E-state index in [1.807, 2.05) is 0 Å². The van der Waals surface area contributed by atoms with E-state index in [1.165, 1.54) is 23.3 Å². The number of ether oxygens (including phenoxy) is 1. The Morgan fingerprint density at radius 3 is 2.48 bits per heavy atom. The minimum absolute atomic E-state index is 0.0985. The van der Waals surface area contributed by atoms with Crippen molar-refractivity contribution >= 4 is 5.91 Å². The van der Waals surface area contributed by atoms with E-state index in [1.54, 1.807) is 24.1 Å². The normalized spacial score (nSPS) is 17.0. The SMILES string of the molecule is CN(Cc1ccc(F)cc1)C(=O)CN1CCN(Cc2ccc3c(c2)CCO3)CC1. The zero-order chi connectivity index (χ0) is 20.2. The summed E-state index contributed by atoms with van der Waals surface area (Å²) in [4.78, 5) is 18.9. The van der Waals surface area contributed by atoms with E-state index in [2.05, 4.69) is 28.0 Å². The second kappa shape index (κ2) is 8.93. The summed E-state index contributed by atoms with van der Waals surface area (Å²) in [5, 5.41) is 0. The monoisotopic (exact) mass is 397 g/mol. The number of piperazine rings is 1. The van der Waals surface area contributed by atoms with Gasteiger partial charge >= 0.3 is 0 Å². The summed E-state index contributed by atoms with van der Waals surface area (Å²) in [6, 6.07) is 12.8. The van der Waals surface area contributed by atoms with Crippen molar-refractivity contribution in [2.24, 2.45) is 0 Å². The van der Waals surface area contributed by atoms with Crippen molar-refractivity contribution in [1.82, 2.24) is 14.7 Å². The molecule has 0 bridgehead atoms. The van der Waals surface area contributed by atoms with Crippen LogP contribution in [0.4, 0.5) is 4.39 Å². The third-order valence-corrected chi connectivity index (χ3v) is 5.74. The summed E-state index contributed by atoms with van der Waals surface area (Å²) >= 11 is 0. The number of nitrogens with zero attached hydrogens (tertiary/aromatic N) is 3. The molecule has 0 saturated carbocycles. The van der Waals surface area contributed by atoms with Crippen molar-refractivity contribution in [2.75, 3.05) is 46.4 Å². The van der Waals surface area contributed by atoms with Gasteiger partial charge in [-0.1, -0.05) is 24.3 Å². The predicted octanol–water partition coefficient (Wildman–Crippen LogP) is 2.54. The van der Waals surface area contributed by atoms with E-state index in [0.717, 1.165) is 57.1 Å². The molecule has 2 aromatic carbocycles. The smallest absolute Gasteiger partial charge is 0.236 e. The molecule has 29 heavy (non-hydrogen) atoms. The molecule has 0 aliphatic carbocycles. The molecule has 5 nitrogen and oxygen atoms in total. The number of fused-ring (bicyclic) bond motifs is 1. The summed E-state index contributed by atoms with van der Waals surface area (Å²) in [6.07, 6.45) is 1.00. The van der Waals surface area contributed by atoms with Crippen LogP contribution < -0.4 is 4.74 Å². The van der Waals surface area contributed by atoms with Crippen molar-refractivity contribution in [3.05, 3.63) is 65.0 Å². The van der Waals surface area contributed by atoms with Gasteiger partial charge in [0, 0.05) is 52.7 Å². The highest BCUT2D eigenvalue weighted by atomic mass is 19.1. The fourth-order valence-electron chi connectivity index (χ4n) is 3.97. The summed E-state index contributed by atoms with van der Waals surface area (Å²) in [7, 11) is 1.81. The van der Waals surface area contributed by atoms with Gasteiger partial charge in [0.2, 0.25) is 5.91 Å². The molecule has 2 aliphatic rings. The van der Waals surface area contributed by atoms with Crippen molar-refractivity contribution in [1.29, 1.82) is 0 Å². The largest absolute Gasteiger partial charge is 0.493 e. The zero-order valence-electron chi connectivity index (χ0n) is 16.9. The minimum atomic E-state index is -0.256. The summed E-state index contributed by atoms with van der Waals surface area (Å²) < 4.78 is 18.6. The fraction of sp³-hybridized carbons (Fsp3) is 0.435. The molecule has 0 aromatic heterocycles. The lowest BCUT2D eigenvalue weighted by Crippen LogP contribution is -2.49. The maximum absolute atomic E-state index is 13.0. The molecule has 0 N–H and O–H groups in total. The first-order chi connectivity index (χ1) is 14.1. The van der Waals surface area contributed by atoms with Gasteiger partial charge in [0.25, 0.3) is 0 Å². The number of likely N-dealkylation sites (N-methyl/N-ethyl adjacent to an activating group) is 1. The van der Waals surface area contributed by atoms with Crippen molar-refractivity contribution in [2.45, 2.75) is 19.5 Å². The molecule has 2 heterocycles. The van der Waals surface area contributed by atoms with Gasteiger partial charge in [-0.25, -0.2) is 4.39 Å². The Morgan fingerprint density at radius 1 is 1.03 bits per heavy atom. The van der Waals surface area contributed by atoms with Gasteiger partial charge in [-0.3, -0.25) is 14.6 Å². The van der Waals surface area contributed by atoms with Crippen LogP contribution in [-0.4, -0.2) is 67.0 Å². The van der Waals surface area contributed by atoms with Gasteiger partial charge in [-0.15, -0.1) is 0 Å². The van der Waals surface area contributed by atoms with Crippen molar-refractivity contribution in [3.8, 4) is 5.75 Å². The van der Waals surface area contributed by atoms with Crippen LogP contribution in [0.5, 0.6) is 5.75 Å². The number of rotatable bonds is 6. The van der Waals surface area contributed by atoms with E-state index >= 15 is 0 Å². The van der Waals surface area contributed by atoms with Gasteiger partial charge in [-0.2, -0.15) is 0 Å². The van der Waals surface area contributed by atoms with E-state index in [9.17, 15) is 9.18 Å². The first kappa shape index (κ1) is 19.9. The van der Waals surface area contributed by atoms with E-state index in [0.29, 0.717) is 13.1 Å². The van der Waals surface area contributed by atoms with Crippen molar-refractivity contribution in [3.63, 3.8) is 0 Å². The zero-order valence-corrected chi connectivity index (χ0v) is 16.9. The summed E-state index contributed by atoms with van der Waals surface area (Å²) in [6.45, 7) is 6.38. The van der Waals surface area contributed by atoms with Crippen LogP contribution in [0.3, 0.4) is 0 Å². The first-order valence-electron chi connectivity index (χ1n) is 10.2. The highest BCUT2D eigenvalue weighted by Crippen LogP contribution is 2.26. The minimum Gasteiger partial charge on any atom is -0.493 e. The maximum atomic E-state index is 13.0. The Bertz CT molecular complexity index is 848. The summed E-state index contributed by atoms with van der Waals surface area (Å²) in [5.41, 5.74) is 3.58. The number of hydrogen-bond acceptors (Lipinski definition) is 4. The quantitative estimate of drug-likeness (QED) is 0.751. The fourth-order valence-corrected chi connectivity index (χ4v) is 3.97. The molecule has 1 fully saturated rings. The van der Waals surface area contributed by atoms with Crippen LogP contribution in [0.25, 0.3) is 0 Å². The first-order valence-corrected chi connectivity index (χ1v) is 10.2. The second-order valence-electron chi connectivity index (χ2n) is 7.97. The topological polar surface area (TPSA) is 36.0 Å². The van der Waals surface area contributed by atoms with E-state index < -0.39 is 0 Å². The third-order valence-electron chi connectivity index (χ3n) is 5.74. The molecular weight excluding hydrogens is 369 g/mol. The van der Waals surface area contributed by atoms with Gasteiger partial charge < -0.3 is 9.64 Å². The Morgan fingerprint density at radius 2 is 1.72 bits per heavy atom. The maximum Gasteiger partial charge on any atom is 0.236 e. The van der Waals surface area contributed by atoms with Crippen LogP contribution >= 0.6 is 0 Å². The number of hydrogen-bond donors (Lipinski definition) is 0. The molecule has 1 amide bonds. The van der Waals surface area contributed by atoms with E-state index in [-0.39, 0.29) is 11.7 Å². The average Bonchev–Trinajstić information content (AvgIpc) is 3.19. The molecule has 2 aliphatic heterocycles. The number of amides is 1. The van der Waals surface area contributed by atoms with Gasteiger partial charge in [0.05, 0.1) is 13.2 Å². The van der Waals surface area contributed by atoms with Crippen LogP contribution in [0, 0.1) is 5.82 Å². The van der Waals surface area contributed by atoms with Crippen LogP contribution in [-0.2, 0) is 24.3 Å². The number of carbonyl (C=O) groups is 1. The molecule has 4 rings (SSSR count). The lowest BCUT2D eigenvalue weighted by atomic mass is 10.1. The van der Waals surface area contributed by atoms with Crippen LogP contribution in [0.1, 0.15) is 16.7 Å². The third kappa shape index (κ3) is 5.14. The average molecular weight is 397 g/mol. The Hall–Kier alpha value is -2.44. The number of benzene rings is 2. The van der Waals surface area contributed by atoms with Crippen LogP contribution in [0.2, 0.25) is 0 Å². The second-order valence-corrected chi connectivity index (χ2v) is 7.97. The number of halogens is 1. The Balaban J connectivity index is 1.22. The molecule has 0 spiro atoms. The standard InChI is InChI=1S/C23H28FN3O2/c1-25(15-18-2-5-21(24)6-3-18)23(28)17-27-11-9-26(10-12-27)16-19-4-7-22-20(14-19)8-13-29-22/h2-7,14H,8-13,15-17H2,1H3. The van der Waals surface area contributed by atoms with Crippen molar-refractivity contribution < 1.29 is 13.9 Å². The summed E-state index contributed by atoms with van der Waals surface area (Å²) in [5.74, 6) is 0.872. The molecule has 6 heteroatoms. The highest BCUT2D eigenvalue weighted by Gasteiger charge is 2.21. The molecule has 1 saturated heterocycles. The number of carbonyl (C=O) groups excluding carboxylic acids is 1. The van der Waals surface area contributed by atoms with Gasteiger partial charge in [0.1, 0.15) is 11.6 Å². The Kier molecular flexibility index (Phi) is 6.11. The molecule has 0 unspecified atom stereocenters. The predicted molar refractivity (Wildman–Crippen MR) is 110 cm³/mol. The van der Waals surface area contributed by atoms with E-state index in [4.69, 9.17) is 4.74 Å². The molecule has 2 aromatic rings. The molecule has 0 radical (unpaired) electrons. The van der Waals surface area contributed by atoms with Crippen LogP contribution in [0.15, 0.2) is 42.5 Å². The van der Waals surface area contributed by atoms with Gasteiger partial charge in [-0.05, 0) is 34.9 Å². The molecule has 154 valence electrons. The molecule has 0 atom stereocenters. The molecular formula is C23H28FN3O2.